The normalized spacial score (nSPS) is 29.5. The summed E-state index contributed by atoms with van der Waals surface area (Å²) >= 11 is 38.3. The van der Waals surface area contributed by atoms with Gasteiger partial charge in [0.25, 0.3) is 11.1 Å². The van der Waals surface area contributed by atoms with Crippen molar-refractivity contribution in [2.75, 3.05) is 75.4 Å². The third-order valence-electron chi connectivity index (χ3n) is 24.3. The van der Waals surface area contributed by atoms with E-state index in [1.165, 1.54) is 77.9 Å². The van der Waals surface area contributed by atoms with Crippen molar-refractivity contribution in [3.8, 4) is 0 Å². The first kappa shape index (κ1) is 109. The topological polar surface area (TPSA) is 798 Å². The summed E-state index contributed by atoms with van der Waals surface area (Å²) in [4.78, 5) is 212. The number of nitrogen functional groups attached to an aromatic ring is 5. The molecule has 0 bridgehead atoms. The maximum absolute atomic E-state index is 15.1. The van der Waals surface area contributed by atoms with Gasteiger partial charge >= 0.3 is 17.1 Å². The highest BCUT2D eigenvalue weighted by molar-refractivity contribution is 8.32. The number of H-pyrrole nitrogens is 2. The molecule has 7 saturated heterocycles. The van der Waals surface area contributed by atoms with Crippen LogP contribution in [0, 0.1) is 20.8 Å². The van der Waals surface area contributed by atoms with Crippen molar-refractivity contribution < 1.29 is 130 Å². The van der Waals surface area contributed by atoms with Crippen molar-refractivity contribution in [2.45, 2.75) is 208 Å². The number of nitrogens with two attached hydrogens (primary N) is 5. The first-order valence-electron chi connectivity index (χ1n) is 43.8. The number of aromatic nitrogens is 22. The highest BCUT2D eigenvalue weighted by Gasteiger charge is 2.50. The van der Waals surface area contributed by atoms with Crippen molar-refractivity contribution >= 4 is 204 Å². The van der Waals surface area contributed by atoms with E-state index in [-0.39, 0.29) is 112 Å². The summed E-state index contributed by atoms with van der Waals surface area (Å²) in [6, 6.07) is 0. The molecule has 0 saturated carbocycles. The number of ether oxygens (including phenoxy) is 7. The van der Waals surface area contributed by atoms with Crippen molar-refractivity contribution in [2.24, 2.45) is 0 Å². The predicted octanol–water partition coefficient (Wildman–Crippen LogP) is -1.43. The van der Waals surface area contributed by atoms with Gasteiger partial charge in [0, 0.05) is 87.3 Å². The molecule has 0 radical (unpaired) electrons. The van der Waals surface area contributed by atoms with Gasteiger partial charge in [-0.3, -0.25) is 56.1 Å². The Balaban J connectivity index is 0.557. The molecule has 0 spiro atoms. The summed E-state index contributed by atoms with van der Waals surface area (Å²) in [5, 5.41) is 0. The van der Waals surface area contributed by atoms with E-state index < -0.39 is 250 Å². The van der Waals surface area contributed by atoms with Crippen molar-refractivity contribution in [3.05, 3.63) is 138 Å². The SMILES string of the molecule is CC[C@H]1O[C@@H](n2cnc3c(N)ncnc32)C[C@H]1OP([O-])(=S)OC[C@H]1O[C@@H](n2cc(C)c(N)nc2=O)C[C@H]1OP(=O)([S-])OC[C@H]1O[C@@H](n2cc(C)c(=O)[nH]c2=O)C[C@H]1OP([O-])(=S)OC[C@H]1O[C@@H](n2cnc3c(N)ncnc32)C[C@H]1OP([O-])(=S)OC[C@H]1O[C@@H](n2cnc3c(N)ncnc32)C[C@H]1OP([O-])(=S)OC[C@H]1O[C@@H](n2cc(C)c(=O)[nH]c2=O)C[C@H]1OP([O-])(=S)OC[C@H]1O[C@@H](n2cnc3c(N)ncnc32)C[C@H]1OP([O-])(=S)OC. The fourth-order valence-electron chi connectivity index (χ4n) is 17.2. The Kier molecular flexibility index (Phi) is 32.6. The second-order valence-corrected chi connectivity index (χ2v) is 52.9. The lowest BCUT2D eigenvalue weighted by atomic mass is 10.1. The molecule has 7 aliphatic rings. The number of nitrogens with zero attached hydrogens (tertiary/aromatic N) is 20. The van der Waals surface area contributed by atoms with Crippen LogP contribution in [0.15, 0.2) is 93.2 Å². The monoisotopic (exact) mass is 2300 g/mol. The maximum atomic E-state index is 15.1. The number of hydrogen-bond acceptors (Lipinski definition) is 58. The van der Waals surface area contributed by atoms with Crippen LogP contribution in [0.1, 0.15) is 119 Å². The summed E-state index contributed by atoms with van der Waals surface area (Å²) in [6.07, 6.45) is -14.9. The Morgan fingerprint density at radius 2 is 0.603 bits per heavy atom. The van der Waals surface area contributed by atoms with Crippen LogP contribution in [0.25, 0.3) is 44.7 Å². The van der Waals surface area contributed by atoms with Crippen LogP contribution in [-0.2, 0) is 184 Å². The molecule has 0 aliphatic carbocycles. The zero-order valence-electron chi connectivity index (χ0n) is 76.2. The van der Waals surface area contributed by atoms with Crippen LogP contribution in [0.5, 0.6) is 0 Å². The molecular weight excluding hydrogens is 2210 g/mol. The summed E-state index contributed by atoms with van der Waals surface area (Å²) in [7, 11) is 1.07. The largest absolute Gasteiger partial charge is 0.780 e. The van der Waals surface area contributed by atoms with Gasteiger partial charge < -0.3 is 167 Å². The van der Waals surface area contributed by atoms with Crippen LogP contribution in [-0.4, -0.2) is 239 Å². The maximum Gasteiger partial charge on any atom is 0.351 e. The molecule has 11 aromatic heterocycles. The van der Waals surface area contributed by atoms with Gasteiger partial charge in [0.1, 0.15) is 174 Å². The Labute approximate surface area is 857 Å². The molecule has 28 atom stereocenters. The summed E-state index contributed by atoms with van der Waals surface area (Å²) < 4.78 is 151. The summed E-state index contributed by atoms with van der Waals surface area (Å²) in [5.74, 6) is 0.0186. The molecule has 60 nitrogen and oxygen atoms in total. The van der Waals surface area contributed by atoms with Gasteiger partial charge in [0.15, 0.2) is 52.7 Å². The van der Waals surface area contributed by atoms with Gasteiger partial charge in [-0.2, -0.15) is 4.98 Å². The fourth-order valence-corrected chi connectivity index (χ4v) is 26.9. The average molecular weight is 2300 g/mol. The average Bonchev–Trinajstić information content (AvgIpc) is 1.63. The van der Waals surface area contributed by atoms with Gasteiger partial charge in [-0.15, -0.1) is 0 Å². The van der Waals surface area contributed by atoms with E-state index >= 15 is 9.79 Å². The third-order valence-corrected chi connectivity index (χ3v) is 35.4. The molecule has 74 heteroatoms. The molecule has 18 heterocycles. The Morgan fingerprint density at radius 3 is 0.890 bits per heavy atom. The minimum absolute atomic E-state index is 0.0317. The highest BCUT2D eigenvalue weighted by Crippen LogP contribution is 2.57. The van der Waals surface area contributed by atoms with E-state index in [9.17, 15) is 48.1 Å². The van der Waals surface area contributed by atoms with Gasteiger partial charge in [-0.05, 0) is 27.2 Å². The van der Waals surface area contributed by atoms with Crippen LogP contribution in [0.2, 0.25) is 0 Å². The lowest BCUT2D eigenvalue weighted by Gasteiger charge is -2.36. The first-order chi connectivity index (χ1) is 69.1. The van der Waals surface area contributed by atoms with E-state index in [1.807, 2.05) is 0 Å². The number of imidazole rings is 4. The Morgan fingerprint density at radius 1 is 0.356 bits per heavy atom. The van der Waals surface area contributed by atoms with Crippen molar-refractivity contribution in [1.29, 1.82) is 0 Å². The fraction of sp³-hybridized carbons (Fsp3) is 0.556. The molecular formula is C72H87N27O33P7S7-7. The smallest absolute Gasteiger partial charge is 0.351 e. The van der Waals surface area contributed by atoms with Gasteiger partial charge in [-0.1, -0.05) is 77.8 Å². The molecule has 7 unspecified atom stereocenters. The quantitative estimate of drug-likeness (QED) is 0.0171. The van der Waals surface area contributed by atoms with E-state index in [2.05, 4.69) is 74.8 Å². The lowest BCUT2D eigenvalue weighted by Crippen LogP contribution is -2.34. The number of rotatable bonds is 41. The molecule has 18 rings (SSSR count). The second kappa shape index (κ2) is 43.8. The summed E-state index contributed by atoms with van der Waals surface area (Å²) in [6.45, 7) is -32.1. The number of anilines is 5. The number of aromatic amines is 2. The van der Waals surface area contributed by atoms with Crippen molar-refractivity contribution in [3.63, 3.8) is 0 Å². The van der Waals surface area contributed by atoms with Crippen LogP contribution < -0.4 is 86.2 Å². The molecule has 146 heavy (non-hydrogen) atoms. The first-order valence-corrected chi connectivity index (χ1v) is 61.7. The molecule has 0 amide bonds. The Hall–Kier alpha value is -7.16. The zero-order valence-corrected chi connectivity index (χ0v) is 88.1. The molecule has 792 valence electrons. The molecule has 0 aromatic carbocycles. The lowest BCUT2D eigenvalue weighted by molar-refractivity contribution is -0.221. The molecule has 12 N–H and O–H groups in total. The van der Waals surface area contributed by atoms with E-state index in [0.717, 1.165) is 39.7 Å². The van der Waals surface area contributed by atoms with Crippen molar-refractivity contribution in [1.82, 2.24) is 107 Å². The standard InChI is InChI=1S/C72H94N27O33P7S7/c1-6-34-35(7-51(119-34)96-27-86-55-60(74)78-23-82-64(55)96)127-134(106,141)113-18-43-37(8-48(120-43)93-14-31(2)59(73)90-70(93)102)128-136(108,143)115-19-44-39(10-50(121-44)95-16-33(4)69(101)92-72(95)104)130-137(109,144)117-21-46-41(13-54(124-46)99-30-89-58-63(77)81-26-85-67(58)99)132-139(111,146)118-22-47-40(12-53(125-47)98-29-88-57-62(76)80-25-84-66(57)98)131-138(110,145)116-20-45-38(9-49(122-45)94-15-32(3)68(100)91-71(94)103)129-135(107,142)114-17-42-36(126-133(105,140)112-5)11-52(123-42)97-28-87-56-61(75)79-24-83-65(56)97/h14-16,23-30,34-54H,6-13,17-22H2,1-5H3,(H,105,140)(H,106,141)(H,107,142)(H,108,143)(H,109,144)(H,110,145)(H,111,146)(H2,73,90,102)(H2,74,78,82)(H2,75,79,83)(H2,76,80,84)(H2,77,81,85)(H,91,100,103)(H,92,101,104)/p-7/t34-,35-,36-,37-,38-,39-,40-,41-,42-,43-,44-,45-,46-,47-,48-,49-,50-,51-,52-,53-,54-,133?,134?,135?,136?,137?,138?,139?/m1/s1. The number of fused-ring (bicyclic) bond motifs is 4. The van der Waals surface area contributed by atoms with Gasteiger partial charge in [0.05, 0.1) is 114 Å². The number of nitrogens with one attached hydrogen (secondary N) is 2. The zero-order chi connectivity index (χ0) is 104. The van der Waals surface area contributed by atoms with Crippen LogP contribution >= 0.6 is 47.1 Å². The van der Waals surface area contributed by atoms with E-state index in [1.54, 1.807) is 18.4 Å². The molecule has 7 fully saturated rings. The predicted molar refractivity (Wildman–Crippen MR) is 516 cm³/mol. The van der Waals surface area contributed by atoms with Crippen LogP contribution in [0.4, 0.5) is 29.1 Å². The van der Waals surface area contributed by atoms with E-state index in [4.69, 9.17) is 208 Å². The second-order valence-electron chi connectivity index (χ2n) is 33.8. The molecule has 7 aliphatic heterocycles. The van der Waals surface area contributed by atoms with E-state index in [0.29, 0.717) is 23.1 Å². The highest BCUT2D eigenvalue weighted by atomic mass is 32.7. The third kappa shape index (κ3) is 24.5. The Bertz CT molecular complexity index is 7470. The molecule has 11 aromatic rings. The van der Waals surface area contributed by atoms with Crippen LogP contribution in [0.3, 0.4) is 0 Å². The van der Waals surface area contributed by atoms with Gasteiger partial charge in [0.2, 0.25) is 0 Å². The number of aryl methyl sites for hydroxylation is 3. The minimum Gasteiger partial charge on any atom is -0.780 e. The van der Waals surface area contributed by atoms with Gasteiger partial charge in [-0.25, -0.2) is 74.2 Å². The summed E-state index contributed by atoms with van der Waals surface area (Å²) in [5.41, 5.74) is 28.3. The minimum atomic E-state index is -5.01. The number of hydrogen-bond donors (Lipinski definition) is 7.